The second-order valence-corrected chi connectivity index (χ2v) is 11.1. The first-order chi connectivity index (χ1) is 18.5. The van der Waals surface area contributed by atoms with E-state index < -0.39 is 5.79 Å². The topological polar surface area (TPSA) is 76.6 Å². The van der Waals surface area contributed by atoms with Gasteiger partial charge in [-0.1, -0.05) is 65.8 Å². The lowest BCUT2D eigenvalue weighted by atomic mass is 10.0. The highest BCUT2D eigenvalue weighted by molar-refractivity contribution is 7.98. The molecule has 1 unspecified atom stereocenters. The van der Waals surface area contributed by atoms with Gasteiger partial charge in [0.05, 0.1) is 13.2 Å². The van der Waals surface area contributed by atoms with Crippen molar-refractivity contribution in [3.05, 3.63) is 82.5 Å². The van der Waals surface area contributed by atoms with Gasteiger partial charge in [-0.2, -0.15) is 0 Å². The highest BCUT2D eigenvalue weighted by Gasteiger charge is 2.40. The highest BCUT2D eigenvalue weighted by atomic mass is 35.5. The van der Waals surface area contributed by atoms with Gasteiger partial charge >= 0.3 is 0 Å². The van der Waals surface area contributed by atoms with Crippen LogP contribution in [0.3, 0.4) is 0 Å². The predicted octanol–water partition coefficient (Wildman–Crippen LogP) is 5.52. The smallest absolute Gasteiger partial charge is 0.251 e. The van der Waals surface area contributed by atoms with Crippen molar-refractivity contribution in [1.82, 2.24) is 15.3 Å². The summed E-state index contributed by atoms with van der Waals surface area (Å²) in [6.07, 6.45) is 3.45. The molecule has 0 bridgehead atoms. The Morgan fingerprint density at radius 3 is 2.47 bits per heavy atom. The Labute approximate surface area is 233 Å². The number of amides is 1. The van der Waals surface area contributed by atoms with Gasteiger partial charge in [-0.05, 0) is 43.0 Å². The fourth-order valence-corrected chi connectivity index (χ4v) is 5.82. The van der Waals surface area contributed by atoms with E-state index in [0.29, 0.717) is 34.8 Å². The van der Waals surface area contributed by atoms with Crippen LogP contribution in [0.2, 0.25) is 5.15 Å². The molecular weight excluding hydrogens is 520 g/mol. The summed E-state index contributed by atoms with van der Waals surface area (Å²) in [4.78, 5) is 24.1. The first-order valence-electron chi connectivity index (χ1n) is 13.1. The Kier molecular flexibility index (Phi) is 8.84. The summed E-state index contributed by atoms with van der Waals surface area (Å²) in [5.74, 6) is 1.03. The van der Waals surface area contributed by atoms with E-state index in [0.717, 1.165) is 50.2 Å². The number of hydrogen-bond donors (Lipinski definition) is 1. The quantitative estimate of drug-likeness (QED) is 0.213. The molecule has 7 nitrogen and oxygen atoms in total. The molecular formula is C29H33ClN4O3S. The SMILES string of the molecule is CC(CCc1ccccc1)NC(=O)c1ccc(CSc2nc(Cl)cc(N3CCC4(CC3)OCCO4)n2)cc1. The third-order valence-corrected chi connectivity index (χ3v) is 8.11. The van der Waals surface area contributed by atoms with Crippen LogP contribution in [0.15, 0.2) is 65.8 Å². The van der Waals surface area contributed by atoms with E-state index in [-0.39, 0.29) is 11.9 Å². The molecule has 0 saturated carbocycles. The van der Waals surface area contributed by atoms with Crippen LogP contribution in [0, 0.1) is 0 Å². The monoisotopic (exact) mass is 552 g/mol. The number of rotatable bonds is 9. The summed E-state index contributed by atoms with van der Waals surface area (Å²) in [6, 6.07) is 19.9. The molecule has 200 valence electrons. The maximum atomic E-state index is 12.7. The summed E-state index contributed by atoms with van der Waals surface area (Å²) in [5.41, 5.74) is 3.03. The first kappa shape index (κ1) is 26.9. The summed E-state index contributed by atoms with van der Waals surface area (Å²) < 4.78 is 11.7. The minimum Gasteiger partial charge on any atom is -0.356 e. The summed E-state index contributed by atoms with van der Waals surface area (Å²) in [6.45, 7) is 4.97. The molecule has 2 aromatic carbocycles. The number of carbonyl (C=O) groups excluding carboxylic acids is 1. The zero-order chi connectivity index (χ0) is 26.4. The van der Waals surface area contributed by atoms with Crippen molar-refractivity contribution in [2.45, 2.75) is 55.3 Å². The molecule has 2 aliphatic rings. The largest absolute Gasteiger partial charge is 0.356 e. The number of nitrogens with one attached hydrogen (secondary N) is 1. The Morgan fingerprint density at radius 1 is 1.05 bits per heavy atom. The molecule has 1 N–H and O–H groups in total. The van der Waals surface area contributed by atoms with Crippen molar-refractivity contribution in [3.8, 4) is 0 Å². The number of piperidine rings is 1. The fourth-order valence-electron chi connectivity index (χ4n) is 4.78. The van der Waals surface area contributed by atoms with Crippen molar-refractivity contribution >= 4 is 35.1 Å². The number of hydrogen-bond acceptors (Lipinski definition) is 7. The number of benzene rings is 2. The standard InChI is InChI=1S/C29H33ClN4O3S/c1-21(7-8-22-5-3-2-4-6-22)31-27(35)24-11-9-23(10-12-24)20-38-28-32-25(30)19-26(33-28)34-15-13-29(14-16-34)36-17-18-37-29/h2-6,9-12,19,21H,7-8,13-18,20H2,1H3,(H,31,35). The van der Waals surface area contributed by atoms with Gasteiger partial charge in [-0.3, -0.25) is 4.79 Å². The summed E-state index contributed by atoms with van der Waals surface area (Å²) in [5, 5.41) is 4.17. The second kappa shape index (κ2) is 12.5. The minimum absolute atomic E-state index is 0.0516. The first-order valence-corrected chi connectivity index (χ1v) is 14.5. The molecule has 2 saturated heterocycles. The average Bonchev–Trinajstić information content (AvgIpc) is 3.39. The number of carbonyl (C=O) groups is 1. The van der Waals surface area contributed by atoms with Gasteiger partial charge in [0.2, 0.25) is 0 Å². The van der Waals surface area contributed by atoms with E-state index in [1.807, 2.05) is 55.5 Å². The summed E-state index contributed by atoms with van der Waals surface area (Å²) in [7, 11) is 0. The molecule has 2 fully saturated rings. The highest BCUT2D eigenvalue weighted by Crippen LogP contribution is 2.34. The Morgan fingerprint density at radius 2 is 1.76 bits per heavy atom. The van der Waals surface area contributed by atoms with Crippen LogP contribution in [-0.4, -0.2) is 54.0 Å². The van der Waals surface area contributed by atoms with Gasteiger partial charge in [-0.15, -0.1) is 0 Å². The van der Waals surface area contributed by atoms with E-state index >= 15 is 0 Å². The van der Waals surface area contributed by atoms with Gasteiger partial charge < -0.3 is 19.7 Å². The van der Waals surface area contributed by atoms with Crippen molar-refractivity contribution < 1.29 is 14.3 Å². The molecule has 5 rings (SSSR count). The van der Waals surface area contributed by atoms with Gasteiger partial charge in [0.25, 0.3) is 5.91 Å². The summed E-state index contributed by atoms with van der Waals surface area (Å²) >= 11 is 7.87. The maximum Gasteiger partial charge on any atom is 0.251 e. The molecule has 2 aliphatic heterocycles. The molecule has 1 spiro atoms. The fraction of sp³-hybridized carbons (Fsp3) is 0.414. The molecule has 3 aromatic rings. The third kappa shape index (κ3) is 7.05. The van der Waals surface area contributed by atoms with Gasteiger partial charge in [0.15, 0.2) is 10.9 Å². The maximum absolute atomic E-state index is 12.7. The van der Waals surface area contributed by atoms with Crippen LogP contribution in [0.5, 0.6) is 0 Å². The van der Waals surface area contributed by atoms with Crippen LogP contribution >= 0.6 is 23.4 Å². The Balaban J connectivity index is 1.11. The lowest BCUT2D eigenvalue weighted by Gasteiger charge is -2.38. The number of anilines is 1. The molecule has 1 aromatic heterocycles. The van der Waals surface area contributed by atoms with E-state index in [1.165, 1.54) is 17.3 Å². The van der Waals surface area contributed by atoms with Crippen molar-refractivity contribution in [2.75, 3.05) is 31.2 Å². The Bertz CT molecular complexity index is 1210. The molecule has 0 aliphatic carbocycles. The zero-order valence-electron chi connectivity index (χ0n) is 21.6. The molecule has 38 heavy (non-hydrogen) atoms. The Hall–Kier alpha value is -2.65. The van der Waals surface area contributed by atoms with Crippen molar-refractivity contribution in [2.24, 2.45) is 0 Å². The lowest BCUT2D eigenvalue weighted by Crippen LogP contribution is -2.45. The second-order valence-electron chi connectivity index (χ2n) is 9.81. The van der Waals surface area contributed by atoms with Crippen LogP contribution in [0.4, 0.5) is 5.82 Å². The van der Waals surface area contributed by atoms with E-state index in [1.54, 1.807) is 0 Å². The average molecular weight is 553 g/mol. The van der Waals surface area contributed by atoms with Crippen LogP contribution in [-0.2, 0) is 21.6 Å². The normalized spacial score (nSPS) is 17.5. The van der Waals surface area contributed by atoms with Crippen molar-refractivity contribution in [1.29, 1.82) is 0 Å². The van der Waals surface area contributed by atoms with Crippen LogP contribution in [0.1, 0.15) is 47.7 Å². The molecule has 3 heterocycles. The molecule has 9 heteroatoms. The van der Waals surface area contributed by atoms with E-state index in [2.05, 4.69) is 27.3 Å². The number of thioether (sulfide) groups is 1. The number of aromatic nitrogens is 2. The number of nitrogens with zero attached hydrogens (tertiary/aromatic N) is 3. The van der Waals surface area contributed by atoms with E-state index in [4.69, 9.17) is 26.1 Å². The van der Waals surface area contributed by atoms with Crippen LogP contribution < -0.4 is 10.2 Å². The lowest BCUT2D eigenvalue weighted by molar-refractivity contribution is -0.169. The van der Waals surface area contributed by atoms with Crippen molar-refractivity contribution in [3.63, 3.8) is 0 Å². The predicted molar refractivity (Wildman–Crippen MR) is 151 cm³/mol. The third-order valence-electron chi connectivity index (χ3n) is 6.99. The van der Waals surface area contributed by atoms with Crippen LogP contribution in [0.25, 0.3) is 0 Å². The zero-order valence-corrected chi connectivity index (χ0v) is 23.1. The molecule has 1 amide bonds. The minimum atomic E-state index is -0.422. The number of halogens is 1. The molecule has 0 radical (unpaired) electrons. The molecule has 1 atom stereocenters. The van der Waals surface area contributed by atoms with Gasteiger partial charge in [-0.25, -0.2) is 9.97 Å². The van der Waals surface area contributed by atoms with Gasteiger partial charge in [0.1, 0.15) is 11.0 Å². The van der Waals surface area contributed by atoms with E-state index in [9.17, 15) is 4.79 Å². The number of ether oxygens (including phenoxy) is 2. The van der Waals surface area contributed by atoms with Gasteiger partial charge in [0, 0.05) is 49.4 Å². The number of aryl methyl sites for hydroxylation is 1.